The average Bonchev–Trinajstić information content (AvgIpc) is 3.08. The average molecular weight is 308 g/mol. The van der Waals surface area contributed by atoms with Crippen LogP contribution in [0.25, 0.3) is 22.1 Å². The van der Waals surface area contributed by atoms with Crippen molar-refractivity contribution in [3.8, 4) is 0 Å². The summed E-state index contributed by atoms with van der Waals surface area (Å²) in [5.74, 6) is 1.94. The lowest BCUT2D eigenvalue weighted by Crippen LogP contribution is -2.09. The zero-order valence-corrected chi connectivity index (χ0v) is 12.8. The first-order valence-electron chi connectivity index (χ1n) is 7.33. The second-order valence-corrected chi connectivity index (χ2v) is 6.19. The fourth-order valence-corrected chi connectivity index (χ4v) is 3.07. The Morgan fingerprint density at radius 2 is 1.23 bits per heavy atom. The molecule has 0 radical (unpaired) electrons. The van der Waals surface area contributed by atoms with Crippen molar-refractivity contribution in [3.63, 3.8) is 0 Å². The number of imidazole rings is 2. The number of nitrogens with zero attached hydrogens (tertiary/aromatic N) is 2. The Balaban J connectivity index is 1.50. The van der Waals surface area contributed by atoms with E-state index in [-0.39, 0.29) is 5.25 Å². The van der Waals surface area contributed by atoms with Gasteiger partial charge in [-0.1, -0.05) is 24.3 Å². The Labute approximate surface area is 133 Å². The molecular weight excluding hydrogens is 292 g/mol. The van der Waals surface area contributed by atoms with E-state index in [9.17, 15) is 0 Å². The molecule has 0 aliphatic rings. The normalized spacial score (nSPS) is 11.7. The van der Waals surface area contributed by atoms with Gasteiger partial charge in [0.05, 0.1) is 22.1 Å². The highest BCUT2D eigenvalue weighted by Gasteiger charge is 2.12. The Kier molecular flexibility index (Phi) is 3.35. The molecule has 0 atom stereocenters. The molecule has 4 rings (SSSR count). The molecule has 0 unspecified atom stereocenters. The SMILES string of the molecule is SC(Cc1nc2ccccc2[nH]1)Cc1nc2ccccc2[nH]1. The van der Waals surface area contributed by atoms with E-state index in [2.05, 4.69) is 19.9 Å². The van der Waals surface area contributed by atoms with Crippen LogP contribution in [0.1, 0.15) is 11.6 Å². The zero-order valence-electron chi connectivity index (χ0n) is 12.0. The number of rotatable bonds is 4. The molecule has 0 fully saturated rings. The first kappa shape index (κ1) is 13.4. The smallest absolute Gasteiger partial charge is 0.108 e. The van der Waals surface area contributed by atoms with Crippen LogP contribution in [0.15, 0.2) is 48.5 Å². The monoisotopic (exact) mass is 308 g/mol. The first-order chi connectivity index (χ1) is 10.8. The third-order valence-corrected chi connectivity index (χ3v) is 4.10. The number of fused-ring (bicyclic) bond motifs is 2. The van der Waals surface area contributed by atoms with E-state index in [0.717, 1.165) is 46.6 Å². The lowest BCUT2D eigenvalue weighted by Gasteiger charge is -2.06. The molecule has 0 saturated heterocycles. The topological polar surface area (TPSA) is 57.4 Å². The van der Waals surface area contributed by atoms with Gasteiger partial charge in [0.25, 0.3) is 0 Å². The molecule has 2 N–H and O–H groups in total. The lowest BCUT2D eigenvalue weighted by molar-refractivity contribution is 0.782. The largest absolute Gasteiger partial charge is 0.342 e. The third kappa shape index (κ3) is 2.60. The van der Waals surface area contributed by atoms with Crippen molar-refractivity contribution in [2.75, 3.05) is 0 Å². The summed E-state index contributed by atoms with van der Waals surface area (Å²) < 4.78 is 0. The molecular formula is C17H16N4S. The van der Waals surface area contributed by atoms with Gasteiger partial charge in [0.15, 0.2) is 0 Å². The van der Waals surface area contributed by atoms with Gasteiger partial charge in [-0.3, -0.25) is 0 Å². The zero-order chi connectivity index (χ0) is 14.9. The molecule has 4 nitrogen and oxygen atoms in total. The summed E-state index contributed by atoms with van der Waals surface area (Å²) in [6, 6.07) is 16.1. The number of H-pyrrole nitrogens is 2. The highest BCUT2D eigenvalue weighted by atomic mass is 32.1. The van der Waals surface area contributed by atoms with Crippen LogP contribution >= 0.6 is 12.6 Å². The maximum Gasteiger partial charge on any atom is 0.108 e. The number of aromatic nitrogens is 4. The van der Waals surface area contributed by atoms with Crippen molar-refractivity contribution >= 4 is 34.7 Å². The van der Waals surface area contributed by atoms with Gasteiger partial charge in [-0.15, -0.1) is 0 Å². The van der Waals surface area contributed by atoms with E-state index in [1.807, 2.05) is 48.5 Å². The van der Waals surface area contributed by atoms with Gasteiger partial charge in [-0.25, -0.2) is 9.97 Å². The summed E-state index contributed by atoms with van der Waals surface area (Å²) in [6.07, 6.45) is 1.57. The minimum atomic E-state index is 0.168. The standard InChI is InChI=1S/C17H16N4S/c22-11(9-16-18-12-5-1-2-6-13(12)19-16)10-17-20-14-7-3-4-8-15(14)21-17/h1-8,11,22H,9-10H2,(H,18,19)(H,20,21). The molecule has 0 bridgehead atoms. The minimum Gasteiger partial charge on any atom is -0.342 e. The lowest BCUT2D eigenvalue weighted by atomic mass is 10.2. The number of hydrogen-bond donors (Lipinski definition) is 3. The molecule has 4 aromatic rings. The van der Waals surface area contributed by atoms with Crippen LogP contribution in [-0.4, -0.2) is 25.2 Å². The number of para-hydroxylation sites is 4. The third-order valence-electron chi connectivity index (χ3n) is 3.73. The Morgan fingerprint density at radius 3 is 1.68 bits per heavy atom. The maximum absolute atomic E-state index is 4.70. The summed E-state index contributed by atoms with van der Waals surface area (Å²) in [5, 5.41) is 0.168. The van der Waals surface area contributed by atoms with Gasteiger partial charge in [0.2, 0.25) is 0 Å². The molecule has 110 valence electrons. The van der Waals surface area contributed by atoms with Crippen molar-refractivity contribution in [1.82, 2.24) is 19.9 Å². The van der Waals surface area contributed by atoms with Crippen molar-refractivity contribution in [1.29, 1.82) is 0 Å². The first-order valence-corrected chi connectivity index (χ1v) is 7.85. The number of benzene rings is 2. The van der Waals surface area contributed by atoms with Crippen LogP contribution in [0.2, 0.25) is 0 Å². The predicted molar refractivity (Wildman–Crippen MR) is 92.4 cm³/mol. The summed E-state index contributed by atoms with van der Waals surface area (Å²) >= 11 is 4.70. The Hall–Kier alpha value is -2.27. The van der Waals surface area contributed by atoms with E-state index in [1.54, 1.807) is 0 Å². The Bertz CT molecular complexity index is 782. The summed E-state index contributed by atoms with van der Waals surface area (Å²) in [6.45, 7) is 0. The second kappa shape index (κ2) is 5.50. The van der Waals surface area contributed by atoms with Crippen molar-refractivity contribution in [2.24, 2.45) is 0 Å². The van der Waals surface area contributed by atoms with E-state index >= 15 is 0 Å². The van der Waals surface area contributed by atoms with Crippen molar-refractivity contribution in [2.45, 2.75) is 18.1 Å². The van der Waals surface area contributed by atoms with Gasteiger partial charge >= 0.3 is 0 Å². The summed E-state index contributed by atoms with van der Waals surface area (Å²) in [5.41, 5.74) is 4.15. The van der Waals surface area contributed by atoms with E-state index < -0.39 is 0 Å². The number of aromatic amines is 2. The van der Waals surface area contributed by atoms with Gasteiger partial charge < -0.3 is 9.97 Å². The van der Waals surface area contributed by atoms with Gasteiger partial charge in [0, 0.05) is 18.1 Å². The quantitative estimate of drug-likeness (QED) is 0.505. The fraction of sp³-hybridized carbons (Fsp3) is 0.176. The molecule has 0 amide bonds. The fourth-order valence-electron chi connectivity index (χ4n) is 2.72. The highest BCUT2D eigenvalue weighted by Crippen LogP contribution is 2.16. The summed E-state index contributed by atoms with van der Waals surface area (Å²) in [7, 11) is 0. The maximum atomic E-state index is 4.70. The molecule has 0 aliphatic carbocycles. The molecule has 22 heavy (non-hydrogen) atoms. The van der Waals surface area contributed by atoms with E-state index in [0.29, 0.717) is 0 Å². The van der Waals surface area contributed by atoms with E-state index in [1.165, 1.54) is 0 Å². The number of thiol groups is 1. The minimum absolute atomic E-state index is 0.168. The van der Waals surface area contributed by atoms with Crippen LogP contribution in [0.3, 0.4) is 0 Å². The molecule has 2 aromatic heterocycles. The van der Waals surface area contributed by atoms with Crippen LogP contribution in [0, 0.1) is 0 Å². The van der Waals surface area contributed by atoms with Gasteiger partial charge in [-0.2, -0.15) is 12.6 Å². The second-order valence-electron chi connectivity index (χ2n) is 5.46. The molecule has 0 saturated carbocycles. The van der Waals surface area contributed by atoms with Crippen LogP contribution < -0.4 is 0 Å². The molecule has 0 spiro atoms. The highest BCUT2D eigenvalue weighted by molar-refractivity contribution is 7.80. The van der Waals surface area contributed by atoms with Crippen LogP contribution in [-0.2, 0) is 12.8 Å². The predicted octanol–water partition coefficient (Wildman–Crippen LogP) is 3.52. The Morgan fingerprint density at radius 1 is 0.773 bits per heavy atom. The van der Waals surface area contributed by atoms with Crippen molar-refractivity contribution < 1.29 is 0 Å². The molecule has 2 heterocycles. The van der Waals surface area contributed by atoms with Gasteiger partial charge in [0.1, 0.15) is 11.6 Å². The van der Waals surface area contributed by atoms with Gasteiger partial charge in [-0.05, 0) is 24.3 Å². The molecule has 5 heteroatoms. The summed E-state index contributed by atoms with van der Waals surface area (Å²) in [4.78, 5) is 15.9. The number of nitrogens with one attached hydrogen (secondary N) is 2. The molecule has 2 aromatic carbocycles. The van der Waals surface area contributed by atoms with Crippen LogP contribution in [0.4, 0.5) is 0 Å². The molecule has 0 aliphatic heterocycles. The van der Waals surface area contributed by atoms with Crippen LogP contribution in [0.5, 0.6) is 0 Å². The van der Waals surface area contributed by atoms with E-state index in [4.69, 9.17) is 12.6 Å². The van der Waals surface area contributed by atoms with Crippen molar-refractivity contribution in [3.05, 3.63) is 60.2 Å². The number of hydrogen-bond acceptors (Lipinski definition) is 3.